The number of anilines is 1. The van der Waals surface area contributed by atoms with Gasteiger partial charge in [-0.05, 0) is 31.0 Å². The molecule has 1 aromatic carbocycles. The van der Waals surface area contributed by atoms with Crippen molar-refractivity contribution in [1.29, 1.82) is 0 Å². The molecule has 5 nitrogen and oxygen atoms in total. The fourth-order valence-corrected chi connectivity index (χ4v) is 2.58. The molecule has 1 atom stereocenters. The number of methoxy groups -OCH3 is 1. The van der Waals surface area contributed by atoms with Gasteiger partial charge in [0, 0.05) is 11.1 Å². The standard InChI is InChI=1S/C13H17BrN2O3/c1-8-5-9(14)6-10(18-2)11(8)16-12(17)13(15)3-4-19-7-13/h5-6H,3-4,7,15H2,1-2H3,(H,16,17). The van der Waals surface area contributed by atoms with E-state index in [1.54, 1.807) is 13.2 Å². The summed E-state index contributed by atoms with van der Waals surface area (Å²) in [4.78, 5) is 12.3. The van der Waals surface area contributed by atoms with E-state index in [2.05, 4.69) is 21.2 Å². The Balaban J connectivity index is 2.26. The highest BCUT2D eigenvalue weighted by Crippen LogP contribution is 2.33. The van der Waals surface area contributed by atoms with Crippen molar-refractivity contribution in [1.82, 2.24) is 0 Å². The van der Waals surface area contributed by atoms with E-state index in [0.717, 1.165) is 10.0 Å². The normalized spacial score (nSPS) is 22.3. The number of carbonyl (C=O) groups is 1. The molecule has 1 aliphatic heterocycles. The van der Waals surface area contributed by atoms with Crippen LogP contribution in [0.3, 0.4) is 0 Å². The number of rotatable bonds is 3. The first-order chi connectivity index (χ1) is 8.96. The Morgan fingerprint density at radius 2 is 2.32 bits per heavy atom. The minimum Gasteiger partial charge on any atom is -0.495 e. The maximum Gasteiger partial charge on any atom is 0.247 e. The zero-order chi connectivity index (χ0) is 14.0. The summed E-state index contributed by atoms with van der Waals surface area (Å²) in [5.74, 6) is 0.358. The molecule has 3 N–H and O–H groups in total. The van der Waals surface area contributed by atoms with Crippen LogP contribution < -0.4 is 15.8 Å². The van der Waals surface area contributed by atoms with E-state index in [1.165, 1.54) is 0 Å². The van der Waals surface area contributed by atoms with Gasteiger partial charge in [-0.3, -0.25) is 4.79 Å². The van der Waals surface area contributed by atoms with E-state index >= 15 is 0 Å². The summed E-state index contributed by atoms with van der Waals surface area (Å²) in [5.41, 5.74) is 6.63. The summed E-state index contributed by atoms with van der Waals surface area (Å²) in [6.07, 6.45) is 0.525. The molecule has 1 fully saturated rings. The van der Waals surface area contributed by atoms with E-state index in [9.17, 15) is 4.79 Å². The fourth-order valence-electron chi connectivity index (χ4n) is 2.03. The van der Waals surface area contributed by atoms with Crippen LogP contribution in [-0.4, -0.2) is 31.8 Å². The molecule has 6 heteroatoms. The molecule has 1 heterocycles. The van der Waals surface area contributed by atoms with Crippen LogP contribution in [-0.2, 0) is 9.53 Å². The second kappa shape index (κ2) is 5.48. The zero-order valence-corrected chi connectivity index (χ0v) is 12.5. The van der Waals surface area contributed by atoms with Gasteiger partial charge in [-0.2, -0.15) is 0 Å². The SMILES string of the molecule is COc1cc(Br)cc(C)c1NC(=O)C1(N)CCOC1. The highest BCUT2D eigenvalue weighted by Gasteiger charge is 2.38. The molecule has 1 amide bonds. The molecule has 0 aromatic heterocycles. The lowest BCUT2D eigenvalue weighted by Crippen LogP contribution is -2.51. The minimum absolute atomic E-state index is 0.242. The number of carbonyl (C=O) groups excluding carboxylic acids is 1. The molecule has 19 heavy (non-hydrogen) atoms. The number of nitrogens with one attached hydrogen (secondary N) is 1. The van der Waals surface area contributed by atoms with Crippen molar-refractivity contribution in [3.63, 3.8) is 0 Å². The number of amides is 1. The van der Waals surface area contributed by atoms with Gasteiger partial charge in [0.05, 0.1) is 19.4 Å². The summed E-state index contributed by atoms with van der Waals surface area (Å²) in [7, 11) is 1.56. The van der Waals surface area contributed by atoms with Crippen molar-refractivity contribution in [3.8, 4) is 5.75 Å². The maximum absolute atomic E-state index is 12.3. The third-order valence-electron chi connectivity index (χ3n) is 3.23. The molecule has 104 valence electrons. The maximum atomic E-state index is 12.3. The molecule has 1 unspecified atom stereocenters. The van der Waals surface area contributed by atoms with Gasteiger partial charge in [-0.25, -0.2) is 0 Å². The molecule has 0 spiro atoms. The van der Waals surface area contributed by atoms with Crippen molar-refractivity contribution in [3.05, 3.63) is 22.2 Å². The second-order valence-electron chi connectivity index (χ2n) is 4.71. The Labute approximate surface area is 120 Å². The number of hydrogen-bond acceptors (Lipinski definition) is 4. The van der Waals surface area contributed by atoms with Gasteiger partial charge in [-0.15, -0.1) is 0 Å². The molecule has 2 rings (SSSR count). The monoisotopic (exact) mass is 328 g/mol. The summed E-state index contributed by atoms with van der Waals surface area (Å²) in [5, 5.41) is 2.85. The summed E-state index contributed by atoms with van der Waals surface area (Å²) >= 11 is 3.39. The lowest BCUT2D eigenvalue weighted by atomic mass is 9.99. The third-order valence-corrected chi connectivity index (χ3v) is 3.68. The van der Waals surface area contributed by atoms with Gasteiger partial charge >= 0.3 is 0 Å². The third kappa shape index (κ3) is 2.91. The quantitative estimate of drug-likeness (QED) is 0.887. The minimum atomic E-state index is -0.954. The highest BCUT2D eigenvalue weighted by molar-refractivity contribution is 9.10. The summed E-state index contributed by atoms with van der Waals surface area (Å²) < 4.78 is 11.4. The first-order valence-electron chi connectivity index (χ1n) is 5.98. The lowest BCUT2D eigenvalue weighted by molar-refractivity contribution is -0.121. The van der Waals surface area contributed by atoms with E-state index in [4.69, 9.17) is 15.2 Å². The average molecular weight is 329 g/mol. The molecule has 1 saturated heterocycles. The van der Waals surface area contributed by atoms with Gasteiger partial charge in [0.25, 0.3) is 0 Å². The van der Waals surface area contributed by atoms with Crippen LogP contribution in [0.1, 0.15) is 12.0 Å². The number of aryl methyl sites for hydroxylation is 1. The van der Waals surface area contributed by atoms with E-state index in [-0.39, 0.29) is 12.5 Å². The molecule has 1 aliphatic rings. The van der Waals surface area contributed by atoms with Crippen molar-refractivity contribution < 1.29 is 14.3 Å². The Morgan fingerprint density at radius 1 is 1.58 bits per heavy atom. The van der Waals surface area contributed by atoms with Crippen molar-refractivity contribution in [2.45, 2.75) is 18.9 Å². The van der Waals surface area contributed by atoms with Gasteiger partial charge < -0.3 is 20.5 Å². The smallest absolute Gasteiger partial charge is 0.247 e. The second-order valence-corrected chi connectivity index (χ2v) is 5.63. The van der Waals surface area contributed by atoms with Crippen LogP contribution in [0.5, 0.6) is 5.75 Å². The number of benzene rings is 1. The fraction of sp³-hybridized carbons (Fsp3) is 0.462. The molecule has 0 bridgehead atoms. The number of ether oxygens (including phenoxy) is 2. The number of halogens is 1. The highest BCUT2D eigenvalue weighted by atomic mass is 79.9. The van der Waals surface area contributed by atoms with Crippen molar-refractivity contribution in [2.24, 2.45) is 5.73 Å². The largest absolute Gasteiger partial charge is 0.495 e. The molecule has 1 aromatic rings. The van der Waals surface area contributed by atoms with Gasteiger partial charge in [0.2, 0.25) is 5.91 Å². The van der Waals surface area contributed by atoms with Crippen LogP contribution in [0, 0.1) is 6.92 Å². The van der Waals surface area contributed by atoms with Crippen LogP contribution in [0.2, 0.25) is 0 Å². The molecular formula is C13H17BrN2O3. The van der Waals surface area contributed by atoms with Gasteiger partial charge in [0.1, 0.15) is 11.3 Å². The molecular weight excluding hydrogens is 312 g/mol. The van der Waals surface area contributed by atoms with E-state index in [0.29, 0.717) is 24.5 Å². The Hall–Kier alpha value is -1.11. The predicted molar refractivity (Wildman–Crippen MR) is 76.4 cm³/mol. The zero-order valence-electron chi connectivity index (χ0n) is 11.0. The first-order valence-corrected chi connectivity index (χ1v) is 6.78. The van der Waals surface area contributed by atoms with Crippen molar-refractivity contribution in [2.75, 3.05) is 25.6 Å². The van der Waals surface area contributed by atoms with Crippen LogP contribution >= 0.6 is 15.9 Å². The lowest BCUT2D eigenvalue weighted by Gasteiger charge is -2.22. The number of nitrogens with two attached hydrogens (primary N) is 1. The van der Waals surface area contributed by atoms with E-state index < -0.39 is 5.54 Å². The van der Waals surface area contributed by atoms with Crippen LogP contribution in [0.25, 0.3) is 0 Å². The molecule has 0 radical (unpaired) electrons. The first kappa shape index (κ1) is 14.3. The summed E-state index contributed by atoms with van der Waals surface area (Å²) in [6.45, 7) is 2.66. The molecule has 0 aliphatic carbocycles. The van der Waals surface area contributed by atoms with Gasteiger partial charge in [0.15, 0.2) is 0 Å². The predicted octanol–water partition coefficient (Wildman–Crippen LogP) is 1.82. The van der Waals surface area contributed by atoms with Gasteiger partial charge in [-0.1, -0.05) is 15.9 Å². The molecule has 0 saturated carbocycles. The Morgan fingerprint density at radius 3 is 2.89 bits per heavy atom. The Kier molecular flexibility index (Phi) is 4.13. The topological polar surface area (TPSA) is 73.6 Å². The Bertz CT molecular complexity index is 499. The van der Waals surface area contributed by atoms with Crippen LogP contribution in [0.15, 0.2) is 16.6 Å². The van der Waals surface area contributed by atoms with E-state index in [1.807, 2.05) is 13.0 Å². The van der Waals surface area contributed by atoms with Crippen LogP contribution in [0.4, 0.5) is 5.69 Å². The average Bonchev–Trinajstić information content (AvgIpc) is 2.80. The number of hydrogen-bond donors (Lipinski definition) is 2. The van der Waals surface area contributed by atoms with Crippen molar-refractivity contribution >= 4 is 27.5 Å². The summed E-state index contributed by atoms with van der Waals surface area (Å²) in [6, 6.07) is 3.71.